The number of halogens is 2. The predicted molar refractivity (Wildman–Crippen MR) is 52.2 cm³/mol. The first kappa shape index (κ1) is 10.4. The molecule has 1 unspecified atom stereocenters. The van der Waals surface area contributed by atoms with E-state index in [0.29, 0.717) is 13.0 Å². The fourth-order valence-corrected chi connectivity index (χ4v) is 3.58. The molecule has 1 spiro atoms. The highest BCUT2D eigenvalue weighted by molar-refractivity contribution is 5.82. The molecule has 3 fully saturated rings. The van der Waals surface area contributed by atoms with E-state index < -0.39 is 16.9 Å². The van der Waals surface area contributed by atoms with Gasteiger partial charge < -0.3 is 4.74 Å². The molecule has 2 atom stereocenters. The van der Waals surface area contributed by atoms with Gasteiger partial charge in [0.15, 0.2) is 0 Å². The van der Waals surface area contributed by atoms with Crippen LogP contribution in [0, 0.1) is 5.41 Å². The molecule has 0 aromatic rings. The van der Waals surface area contributed by atoms with E-state index in [0.717, 1.165) is 13.0 Å². The van der Waals surface area contributed by atoms with Gasteiger partial charge in [-0.25, -0.2) is 8.78 Å². The number of carbonyl (C=O) groups is 1. The van der Waals surface area contributed by atoms with E-state index >= 15 is 0 Å². The Labute approximate surface area is 92.7 Å². The molecule has 5 heteroatoms. The minimum Gasteiger partial charge on any atom is -0.468 e. The van der Waals surface area contributed by atoms with Crippen LogP contribution in [0.1, 0.15) is 25.7 Å². The van der Waals surface area contributed by atoms with Crippen molar-refractivity contribution in [3.63, 3.8) is 0 Å². The van der Waals surface area contributed by atoms with Crippen molar-refractivity contribution in [2.24, 2.45) is 5.41 Å². The van der Waals surface area contributed by atoms with Crippen LogP contribution in [0.5, 0.6) is 0 Å². The molecule has 3 aliphatic rings. The van der Waals surface area contributed by atoms with Crippen molar-refractivity contribution in [2.75, 3.05) is 20.2 Å². The highest BCUT2D eigenvalue weighted by atomic mass is 19.3. The van der Waals surface area contributed by atoms with Crippen molar-refractivity contribution in [3.8, 4) is 0 Å². The fraction of sp³-hybridized carbons (Fsp3) is 0.909. The van der Waals surface area contributed by atoms with Gasteiger partial charge in [0.25, 0.3) is 5.92 Å². The van der Waals surface area contributed by atoms with Crippen LogP contribution in [-0.4, -0.2) is 42.5 Å². The Hall–Kier alpha value is -0.710. The van der Waals surface area contributed by atoms with Crippen LogP contribution in [0.2, 0.25) is 0 Å². The van der Waals surface area contributed by atoms with Crippen molar-refractivity contribution in [2.45, 2.75) is 37.1 Å². The van der Waals surface area contributed by atoms with E-state index in [9.17, 15) is 13.6 Å². The van der Waals surface area contributed by atoms with E-state index in [1.165, 1.54) is 7.11 Å². The molecule has 0 amide bonds. The molecule has 2 aliphatic heterocycles. The second kappa shape index (κ2) is 2.75. The molecule has 0 aromatic carbocycles. The summed E-state index contributed by atoms with van der Waals surface area (Å²) >= 11 is 0. The molecule has 1 saturated carbocycles. The summed E-state index contributed by atoms with van der Waals surface area (Å²) in [6.45, 7) is 1.10. The van der Waals surface area contributed by atoms with Gasteiger partial charge in [0, 0.05) is 13.0 Å². The number of hydrogen-bond donors (Lipinski definition) is 0. The predicted octanol–water partition coefficient (Wildman–Crippen LogP) is 1.42. The van der Waals surface area contributed by atoms with E-state index in [1.54, 1.807) is 0 Å². The summed E-state index contributed by atoms with van der Waals surface area (Å²) in [6, 6.07) is 0. The Kier molecular flexibility index (Phi) is 1.80. The van der Waals surface area contributed by atoms with Gasteiger partial charge >= 0.3 is 5.97 Å². The number of fused-ring (bicyclic) bond motifs is 1. The number of rotatable bonds is 1. The quantitative estimate of drug-likeness (QED) is 0.639. The lowest BCUT2D eigenvalue weighted by atomic mass is 9.88. The second-order valence-corrected chi connectivity index (χ2v) is 5.39. The molecule has 3 rings (SSSR count). The Morgan fingerprint density at radius 1 is 1.38 bits per heavy atom. The summed E-state index contributed by atoms with van der Waals surface area (Å²) in [5.41, 5.74) is -1.67. The number of ether oxygens (including phenoxy) is 1. The van der Waals surface area contributed by atoms with Crippen LogP contribution in [0.3, 0.4) is 0 Å². The molecule has 16 heavy (non-hydrogen) atoms. The summed E-state index contributed by atoms with van der Waals surface area (Å²) in [4.78, 5) is 13.8. The maximum atomic E-state index is 13.4. The fourth-order valence-electron chi connectivity index (χ4n) is 3.58. The van der Waals surface area contributed by atoms with Crippen molar-refractivity contribution in [1.29, 1.82) is 0 Å². The third-order valence-corrected chi connectivity index (χ3v) is 4.52. The second-order valence-electron chi connectivity index (χ2n) is 5.39. The van der Waals surface area contributed by atoms with Gasteiger partial charge in [-0.05, 0) is 25.8 Å². The van der Waals surface area contributed by atoms with Crippen molar-refractivity contribution >= 4 is 5.97 Å². The summed E-state index contributed by atoms with van der Waals surface area (Å²) in [6.07, 6.45) is 1.78. The minimum atomic E-state index is -2.57. The van der Waals surface area contributed by atoms with Crippen LogP contribution in [0.25, 0.3) is 0 Å². The van der Waals surface area contributed by atoms with Crippen LogP contribution in [0.15, 0.2) is 0 Å². The molecule has 3 nitrogen and oxygen atoms in total. The molecule has 0 N–H and O–H groups in total. The molecule has 1 aliphatic carbocycles. The van der Waals surface area contributed by atoms with E-state index in [1.807, 2.05) is 4.90 Å². The molecule has 0 bridgehead atoms. The van der Waals surface area contributed by atoms with Gasteiger partial charge in [-0.3, -0.25) is 9.69 Å². The van der Waals surface area contributed by atoms with Crippen LogP contribution in [0.4, 0.5) is 8.78 Å². The van der Waals surface area contributed by atoms with E-state index in [4.69, 9.17) is 4.74 Å². The first-order valence-corrected chi connectivity index (χ1v) is 5.67. The number of carbonyl (C=O) groups excluding carboxylic acids is 1. The Morgan fingerprint density at radius 3 is 2.62 bits per heavy atom. The first-order chi connectivity index (χ1) is 7.46. The summed E-state index contributed by atoms with van der Waals surface area (Å²) in [7, 11) is 1.34. The number of alkyl halides is 2. The van der Waals surface area contributed by atoms with E-state index in [2.05, 4.69) is 0 Å². The highest BCUT2D eigenvalue weighted by Gasteiger charge is 2.78. The van der Waals surface area contributed by atoms with Gasteiger partial charge in [0.2, 0.25) is 0 Å². The van der Waals surface area contributed by atoms with Gasteiger partial charge in [0.1, 0.15) is 5.54 Å². The average molecular weight is 231 g/mol. The third kappa shape index (κ3) is 1.02. The molecular formula is C11H15F2NO2. The highest BCUT2D eigenvalue weighted by Crippen LogP contribution is 2.69. The van der Waals surface area contributed by atoms with Gasteiger partial charge in [-0.15, -0.1) is 0 Å². The van der Waals surface area contributed by atoms with E-state index in [-0.39, 0.29) is 18.8 Å². The Bertz CT molecular complexity index is 360. The number of nitrogens with zero attached hydrogens (tertiary/aromatic N) is 1. The van der Waals surface area contributed by atoms with Crippen LogP contribution >= 0.6 is 0 Å². The molecule has 2 heterocycles. The monoisotopic (exact) mass is 231 g/mol. The number of esters is 1. The summed E-state index contributed by atoms with van der Waals surface area (Å²) < 4.78 is 31.5. The largest absolute Gasteiger partial charge is 0.468 e. The van der Waals surface area contributed by atoms with Crippen molar-refractivity contribution in [1.82, 2.24) is 4.90 Å². The topological polar surface area (TPSA) is 29.5 Å². The Morgan fingerprint density at radius 2 is 2.06 bits per heavy atom. The lowest BCUT2D eigenvalue weighted by Gasteiger charge is -2.28. The smallest absolute Gasteiger partial charge is 0.326 e. The average Bonchev–Trinajstić information content (AvgIpc) is 2.54. The van der Waals surface area contributed by atoms with Gasteiger partial charge in [0.05, 0.1) is 12.5 Å². The summed E-state index contributed by atoms with van der Waals surface area (Å²) in [5.74, 6) is -2.90. The summed E-state index contributed by atoms with van der Waals surface area (Å²) in [5, 5.41) is 0. The maximum absolute atomic E-state index is 13.4. The zero-order valence-electron chi connectivity index (χ0n) is 9.26. The van der Waals surface area contributed by atoms with Gasteiger partial charge in [-0.1, -0.05) is 0 Å². The lowest BCUT2D eigenvalue weighted by Crippen LogP contribution is -2.46. The molecule has 0 aromatic heterocycles. The normalized spacial score (nSPS) is 44.7. The van der Waals surface area contributed by atoms with Crippen LogP contribution in [-0.2, 0) is 9.53 Å². The molecule has 90 valence electrons. The van der Waals surface area contributed by atoms with Gasteiger partial charge in [-0.2, -0.15) is 0 Å². The zero-order valence-corrected chi connectivity index (χ0v) is 9.26. The van der Waals surface area contributed by atoms with Crippen molar-refractivity contribution < 1.29 is 18.3 Å². The maximum Gasteiger partial charge on any atom is 0.326 e. The number of hydrogen-bond acceptors (Lipinski definition) is 3. The molecule has 0 radical (unpaired) electrons. The minimum absolute atomic E-state index is 0.0603. The van der Waals surface area contributed by atoms with Crippen molar-refractivity contribution in [3.05, 3.63) is 0 Å². The van der Waals surface area contributed by atoms with Crippen LogP contribution < -0.4 is 0 Å². The molecular weight excluding hydrogens is 216 g/mol. The SMILES string of the molecule is COC(=O)C12CCCN1C[C@]1(C2)CC1(F)F. The number of methoxy groups -OCH3 is 1. The lowest BCUT2D eigenvalue weighted by molar-refractivity contribution is -0.151. The first-order valence-electron chi connectivity index (χ1n) is 5.67. The Balaban J connectivity index is 1.91. The zero-order chi connectivity index (χ0) is 11.6. The standard InChI is InChI=1S/C11H15F2NO2/c1-16-8(15)10-3-2-4-14(10)7-9(5-10)6-11(9,12)13/h2-7H2,1H3/t9-,10?/m0/s1. The third-order valence-electron chi connectivity index (χ3n) is 4.52. The molecule has 2 saturated heterocycles.